The number of thiophene rings is 1. The van der Waals surface area contributed by atoms with Gasteiger partial charge in [-0.25, -0.2) is 4.98 Å². The number of benzene rings is 1. The second kappa shape index (κ2) is 7.15. The van der Waals surface area contributed by atoms with Crippen LogP contribution in [0.2, 0.25) is 5.28 Å². The Bertz CT molecular complexity index is 875. The van der Waals surface area contributed by atoms with Gasteiger partial charge in [0, 0.05) is 37.1 Å². The van der Waals surface area contributed by atoms with Crippen LogP contribution in [0.1, 0.15) is 6.92 Å². The average molecular weight is 375 g/mol. The van der Waals surface area contributed by atoms with Gasteiger partial charge >= 0.3 is 0 Å². The van der Waals surface area contributed by atoms with E-state index in [-0.39, 0.29) is 0 Å². The summed E-state index contributed by atoms with van der Waals surface area (Å²) in [6.07, 6.45) is 0. The fourth-order valence-electron chi connectivity index (χ4n) is 3.11. The standard InChI is InChI=1S/C18H19ClN4OS/c1-2-24-13-5-3-12(4-6-13)14-11-25-17-15(14)16(21-18(19)22-17)23-9-7-20-8-10-23/h3-6,11,20H,2,7-10H2,1H3. The van der Waals surface area contributed by atoms with Crippen LogP contribution in [0.5, 0.6) is 5.75 Å². The van der Waals surface area contributed by atoms with Gasteiger partial charge in [0.05, 0.1) is 12.0 Å². The van der Waals surface area contributed by atoms with Crippen molar-refractivity contribution in [2.45, 2.75) is 6.92 Å². The van der Waals surface area contributed by atoms with Gasteiger partial charge in [-0.1, -0.05) is 12.1 Å². The zero-order valence-electron chi connectivity index (χ0n) is 14.0. The Labute approximate surface area is 155 Å². The Morgan fingerprint density at radius 3 is 2.68 bits per heavy atom. The summed E-state index contributed by atoms with van der Waals surface area (Å²) < 4.78 is 5.55. The van der Waals surface area contributed by atoms with Gasteiger partial charge in [-0.15, -0.1) is 11.3 Å². The van der Waals surface area contributed by atoms with Crippen molar-refractivity contribution in [3.63, 3.8) is 0 Å². The Morgan fingerprint density at radius 2 is 1.96 bits per heavy atom. The summed E-state index contributed by atoms with van der Waals surface area (Å²) >= 11 is 7.79. The van der Waals surface area contributed by atoms with Crippen molar-refractivity contribution < 1.29 is 4.74 Å². The van der Waals surface area contributed by atoms with E-state index in [0.29, 0.717) is 11.9 Å². The molecule has 1 saturated heterocycles. The molecule has 0 amide bonds. The third kappa shape index (κ3) is 3.29. The van der Waals surface area contributed by atoms with Crippen LogP contribution in [0.3, 0.4) is 0 Å². The number of piperazine rings is 1. The first-order chi connectivity index (χ1) is 12.3. The van der Waals surface area contributed by atoms with Crippen LogP contribution >= 0.6 is 22.9 Å². The molecule has 7 heteroatoms. The highest BCUT2D eigenvalue weighted by molar-refractivity contribution is 7.17. The van der Waals surface area contributed by atoms with Crippen molar-refractivity contribution in [1.82, 2.24) is 15.3 Å². The van der Waals surface area contributed by atoms with Gasteiger partial charge in [-0.05, 0) is 36.2 Å². The molecule has 25 heavy (non-hydrogen) atoms. The van der Waals surface area contributed by atoms with Gasteiger partial charge in [0.2, 0.25) is 5.28 Å². The second-order valence-electron chi connectivity index (χ2n) is 5.84. The van der Waals surface area contributed by atoms with Crippen LogP contribution in [0.15, 0.2) is 29.6 Å². The van der Waals surface area contributed by atoms with Crippen molar-refractivity contribution in [2.75, 3.05) is 37.7 Å². The van der Waals surface area contributed by atoms with Crippen molar-refractivity contribution in [3.05, 3.63) is 34.9 Å². The second-order valence-corrected chi connectivity index (χ2v) is 7.04. The van der Waals surface area contributed by atoms with Crippen LogP contribution in [-0.2, 0) is 0 Å². The molecule has 0 aliphatic carbocycles. The maximum atomic E-state index is 6.18. The molecule has 5 nitrogen and oxygen atoms in total. The number of hydrogen-bond donors (Lipinski definition) is 1. The lowest BCUT2D eigenvalue weighted by Gasteiger charge is -2.29. The van der Waals surface area contributed by atoms with E-state index in [1.165, 1.54) is 0 Å². The minimum Gasteiger partial charge on any atom is -0.494 e. The molecule has 0 spiro atoms. The number of ether oxygens (including phenoxy) is 1. The molecule has 1 fully saturated rings. The highest BCUT2D eigenvalue weighted by Crippen LogP contribution is 2.39. The molecule has 1 aromatic carbocycles. The maximum Gasteiger partial charge on any atom is 0.225 e. The molecule has 1 aliphatic heterocycles. The molecule has 3 heterocycles. The van der Waals surface area contributed by atoms with E-state index < -0.39 is 0 Å². The third-order valence-corrected chi connectivity index (χ3v) is 5.32. The molecule has 0 unspecified atom stereocenters. The van der Waals surface area contributed by atoms with E-state index in [9.17, 15) is 0 Å². The van der Waals surface area contributed by atoms with Gasteiger partial charge in [-0.2, -0.15) is 4.98 Å². The summed E-state index contributed by atoms with van der Waals surface area (Å²) in [6.45, 7) is 6.39. The van der Waals surface area contributed by atoms with E-state index in [4.69, 9.17) is 16.3 Å². The molecule has 0 atom stereocenters. The van der Waals surface area contributed by atoms with E-state index in [1.807, 2.05) is 19.1 Å². The number of hydrogen-bond acceptors (Lipinski definition) is 6. The molecule has 1 aliphatic rings. The summed E-state index contributed by atoms with van der Waals surface area (Å²) in [5, 5.41) is 6.90. The SMILES string of the molecule is CCOc1ccc(-c2csc3nc(Cl)nc(N4CCNCC4)c23)cc1. The largest absolute Gasteiger partial charge is 0.494 e. The predicted molar refractivity (Wildman–Crippen MR) is 104 cm³/mol. The van der Waals surface area contributed by atoms with Crippen LogP contribution in [0.25, 0.3) is 21.3 Å². The van der Waals surface area contributed by atoms with E-state index in [2.05, 4.69) is 37.7 Å². The summed E-state index contributed by atoms with van der Waals surface area (Å²) in [4.78, 5) is 12.2. The highest BCUT2D eigenvalue weighted by Gasteiger charge is 2.20. The smallest absolute Gasteiger partial charge is 0.225 e. The number of nitrogens with one attached hydrogen (secondary N) is 1. The van der Waals surface area contributed by atoms with Crippen LogP contribution in [0.4, 0.5) is 5.82 Å². The third-order valence-electron chi connectivity index (χ3n) is 4.28. The lowest BCUT2D eigenvalue weighted by atomic mass is 10.1. The summed E-state index contributed by atoms with van der Waals surface area (Å²) in [6, 6.07) is 8.18. The van der Waals surface area contributed by atoms with E-state index >= 15 is 0 Å². The predicted octanol–water partition coefficient (Wildman–Crippen LogP) is 3.82. The average Bonchev–Trinajstić information content (AvgIpc) is 3.06. The van der Waals surface area contributed by atoms with E-state index in [0.717, 1.165) is 59.1 Å². The monoisotopic (exact) mass is 374 g/mol. The Morgan fingerprint density at radius 1 is 1.20 bits per heavy atom. The zero-order valence-corrected chi connectivity index (χ0v) is 15.5. The number of fused-ring (bicyclic) bond motifs is 1. The zero-order chi connectivity index (χ0) is 17.2. The quantitative estimate of drug-likeness (QED) is 0.703. The lowest BCUT2D eigenvalue weighted by Crippen LogP contribution is -2.44. The Kier molecular flexibility index (Phi) is 4.74. The van der Waals surface area contributed by atoms with Crippen LogP contribution in [0, 0.1) is 0 Å². The van der Waals surface area contributed by atoms with Crippen molar-refractivity contribution in [3.8, 4) is 16.9 Å². The van der Waals surface area contributed by atoms with Crippen molar-refractivity contribution in [1.29, 1.82) is 0 Å². The van der Waals surface area contributed by atoms with Crippen LogP contribution < -0.4 is 15.0 Å². The Hall–Kier alpha value is -1.89. The molecule has 2 aromatic heterocycles. The molecular weight excluding hydrogens is 356 g/mol. The maximum absolute atomic E-state index is 6.18. The molecule has 3 aromatic rings. The van der Waals surface area contributed by atoms with Crippen LogP contribution in [-0.4, -0.2) is 42.8 Å². The number of nitrogens with zero attached hydrogens (tertiary/aromatic N) is 3. The molecule has 130 valence electrons. The first-order valence-electron chi connectivity index (χ1n) is 8.40. The van der Waals surface area contributed by atoms with E-state index in [1.54, 1.807) is 11.3 Å². The molecule has 4 rings (SSSR count). The van der Waals surface area contributed by atoms with Crippen molar-refractivity contribution >= 4 is 39.0 Å². The van der Waals surface area contributed by atoms with Crippen molar-refractivity contribution in [2.24, 2.45) is 0 Å². The fourth-order valence-corrected chi connectivity index (χ4v) is 4.27. The number of rotatable bonds is 4. The van der Waals surface area contributed by atoms with Gasteiger partial charge < -0.3 is 15.0 Å². The molecule has 0 bridgehead atoms. The first kappa shape index (κ1) is 16.6. The highest BCUT2D eigenvalue weighted by atomic mass is 35.5. The topological polar surface area (TPSA) is 50.3 Å². The summed E-state index contributed by atoms with van der Waals surface area (Å²) in [7, 11) is 0. The van der Waals surface area contributed by atoms with Gasteiger partial charge in [-0.3, -0.25) is 0 Å². The van der Waals surface area contributed by atoms with Gasteiger partial charge in [0.25, 0.3) is 0 Å². The number of halogens is 1. The molecule has 0 radical (unpaired) electrons. The number of aromatic nitrogens is 2. The fraction of sp³-hybridized carbons (Fsp3) is 0.333. The first-order valence-corrected chi connectivity index (χ1v) is 9.65. The number of anilines is 1. The molecule has 0 saturated carbocycles. The van der Waals surface area contributed by atoms with Gasteiger partial charge in [0.15, 0.2) is 0 Å². The summed E-state index contributed by atoms with van der Waals surface area (Å²) in [5.41, 5.74) is 2.28. The molecular formula is C18H19ClN4OS. The molecule has 1 N–H and O–H groups in total. The summed E-state index contributed by atoms with van der Waals surface area (Å²) in [5.74, 6) is 1.81. The minimum atomic E-state index is 0.307. The minimum absolute atomic E-state index is 0.307. The lowest BCUT2D eigenvalue weighted by molar-refractivity contribution is 0.340. The van der Waals surface area contributed by atoms with Gasteiger partial charge in [0.1, 0.15) is 16.4 Å². The normalized spacial score (nSPS) is 14.9. The Balaban J connectivity index is 1.81.